The van der Waals surface area contributed by atoms with Crippen LogP contribution >= 0.6 is 11.6 Å². The third kappa shape index (κ3) is 5.13. The van der Waals surface area contributed by atoms with Crippen LogP contribution in [0.1, 0.15) is 29.4 Å². The van der Waals surface area contributed by atoms with Gasteiger partial charge in [0, 0.05) is 28.8 Å². The van der Waals surface area contributed by atoms with Crippen LogP contribution in [0.25, 0.3) is 0 Å². The SMILES string of the molecule is C/C(CC(=O)Nc1ccc(Cl)cc1C)=N/NC(=O)c1cnccn1. The number of nitrogens with one attached hydrogen (secondary N) is 2. The quantitative estimate of drug-likeness (QED) is 0.643. The minimum Gasteiger partial charge on any atom is -0.326 e. The number of aromatic nitrogens is 2. The molecule has 124 valence electrons. The molecule has 0 aliphatic heterocycles. The number of hydrogen-bond acceptors (Lipinski definition) is 5. The number of hydrazone groups is 1. The summed E-state index contributed by atoms with van der Waals surface area (Å²) >= 11 is 5.88. The van der Waals surface area contributed by atoms with Crippen molar-refractivity contribution in [3.8, 4) is 0 Å². The van der Waals surface area contributed by atoms with Crippen molar-refractivity contribution < 1.29 is 9.59 Å². The summed E-state index contributed by atoms with van der Waals surface area (Å²) in [6.07, 6.45) is 4.25. The summed E-state index contributed by atoms with van der Waals surface area (Å²) in [5.74, 6) is -0.730. The van der Waals surface area contributed by atoms with Gasteiger partial charge >= 0.3 is 0 Å². The van der Waals surface area contributed by atoms with Crippen molar-refractivity contribution >= 4 is 34.8 Å². The molecule has 2 rings (SSSR count). The Morgan fingerprint density at radius 2 is 2.08 bits per heavy atom. The van der Waals surface area contributed by atoms with Crippen molar-refractivity contribution in [1.82, 2.24) is 15.4 Å². The highest BCUT2D eigenvalue weighted by molar-refractivity contribution is 6.30. The van der Waals surface area contributed by atoms with Crippen molar-refractivity contribution in [3.63, 3.8) is 0 Å². The molecule has 0 aliphatic carbocycles. The van der Waals surface area contributed by atoms with Crippen LogP contribution in [0, 0.1) is 6.92 Å². The number of rotatable bonds is 5. The second kappa shape index (κ2) is 8.16. The molecule has 1 aromatic heterocycles. The number of amides is 2. The molecule has 0 fully saturated rings. The van der Waals surface area contributed by atoms with Crippen molar-refractivity contribution in [1.29, 1.82) is 0 Å². The van der Waals surface area contributed by atoms with Gasteiger partial charge in [0.2, 0.25) is 5.91 Å². The number of halogens is 1. The van der Waals surface area contributed by atoms with E-state index < -0.39 is 5.91 Å². The zero-order valence-corrected chi connectivity index (χ0v) is 14.0. The molecule has 0 spiro atoms. The Balaban J connectivity index is 1.90. The smallest absolute Gasteiger partial charge is 0.291 e. The number of carbonyl (C=O) groups is 2. The molecule has 2 amide bonds. The van der Waals surface area contributed by atoms with E-state index in [-0.39, 0.29) is 18.0 Å². The lowest BCUT2D eigenvalue weighted by molar-refractivity contribution is -0.115. The van der Waals surface area contributed by atoms with Gasteiger partial charge in [-0.15, -0.1) is 0 Å². The Morgan fingerprint density at radius 3 is 2.75 bits per heavy atom. The summed E-state index contributed by atoms with van der Waals surface area (Å²) in [6, 6.07) is 5.20. The zero-order chi connectivity index (χ0) is 17.5. The highest BCUT2D eigenvalue weighted by Crippen LogP contribution is 2.19. The predicted octanol–water partition coefficient (Wildman–Crippen LogP) is 2.57. The number of carbonyl (C=O) groups excluding carboxylic acids is 2. The molecule has 0 bridgehead atoms. The molecule has 0 unspecified atom stereocenters. The van der Waals surface area contributed by atoms with Gasteiger partial charge in [-0.05, 0) is 37.6 Å². The Labute approximate surface area is 144 Å². The summed E-state index contributed by atoms with van der Waals surface area (Å²) in [7, 11) is 0. The Kier molecular flexibility index (Phi) is 5.97. The number of aryl methyl sites for hydroxylation is 1. The average molecular weight is 346 g/mol. The molecule has 0 saturated carbocycles. The molecule has 1 heterocycles. The fraction of sp³-hybridized carbons (Fsp3) is 0.188. The lowest BCUT2D eigenvalue weighted by Gasteiger charge is -2.08. The fourth-order valence-electron chi connectivity index (χ4n) is 1.85. The van der Waals surface area contributed by atoms with Crippen LogP contribution in [-0.4, -0.2) is 27.5 Å². The molecule has 0 saturated heterocycles. The molecular weight excluding hydrogens is 330 g/mol. The van der Waals surface area contributed by atoms with E-state index in [1.807, 2.05) is 6.92 Å². The predicted molar refractivity (Wildman–Crippen MR) is 92.0 cm³/mol. The van der Waals surface area contributed by atoms with E-state index in [1.54, 1.807) is 25.1 Å². The summed E-state index contributed by atoms with van der Waals surface area (Å²) in [4.78, 5) is 31.4. The van der Waals surface area contributed by atoms with E-state index >= 15 is 0 Å². The largest absolute Gasteiger partial charge is 0.326 e. The van der Waals surface area contributed by atoms with Gasteiger partial charge in [-0.3, -0.25) is 14.6 Å². The molecule has 0 radical (unpaired) electrons. The van der Waals surface area contributed by atoms with Crippen LogP contribution in [0.2, 0.25) is 5.02 Å². The van der Waals surface area contributed by atoms with Crippen molar-refractivity contribution in [2.45, 2.75) is 20.3 Å². The van der Waals surface area contributed by atoms with Crippen LogP contribution in [0.15, 0.2) is 41.9 Å². The van der Waals surface area contributed by atoms with E-state index in [0.717, 1.165) is 5.56 Å². The maximum atomic E-state index is 12.0. The van der Waals surface area contributed by atoms with Crippen LogP contribution < -0.4 is 10.7 Å². The summed E-state index contributed by atoms with van der Waals surface area (Å²) in [6.45, 7) is 3.49. The summed E-state index contributed by atoms with van der Waals surface area (Å²) in [5.41, 5.74) is 4.48. The van der Waals surface area contributed by atoms with E-state index in [2.05, 4.69) is 25.8 Å². The third-order valence-corrected chi connectivity index (χ3v) is 3.26. The first kappa shape index (κ1) is 17.6. The number of anilines is 1. The first-order chi connectivity index (χ1) is 11.5. The number of benzene rings is 1. The van der Waals surface area contributed by atoms with Gasteiger partial charge in [0.05, 0.1) is 12.6 Å². The van der Waals surface area contributed by atoms with Crippen LogP contribution in [0.3, 0.4) is 0 Å². The maximum Gasteiger partial charge on any atom is 0.291 e. The van der Waals surface area contributed by atoms with Crippen LogP contribution in [0.4, 0.5) is 5.69 Å². The second-order valence-electron chi connectivity index (χ2n) is 5.06. The molecule has 7 nitrogen and oxygen atoms in total. The molecule has 0 aliphatic rings. The van der Waals surface area contributed by atoms with E-state index in [4.69, 9.17) is 11.6 Å². The first-order valence-corrected chi connectivity index (χ1v) is 7.49. The normalized spacial score (nSPS) is 11.0. The van der Waals surface area contributed by atoms with E-state index in [1.165, 1.54) is 18.6 Å². The van der Waals surface area contributed by atoms with Gasteiger partial charge in [-0.1, -0.05) is 11.6 Å². The molecular formula is C16H16ClN5O2. The van der Waals surface area contributed by atoms with Gasteiger partial charge < -0.3 is 5.32 Å². The minimum absolute atomic E-state index is 0.0445. The highest BCUT2D eigenvalue weighted by atomic mass is 35.5. The monoisotopic (exact) mass is 345 g/mol. The molecule has 0 atom stereocenters. The van der Waals surface area contributed by atoms with Gasteiger partial charge in [0.15, 0.2) is 0 Å². The molecule has 2 aromatic rings. The van der Waals surface area contributed by atoms with Crippen molar-refractivity contribution in [2.24, 2.45) is 5.10 Å². The zero-order valence-electron chi connectivity index (χ0n) is 13.2. The Hall–Kier alpha value is -2.80. The minimum atomic E-state index is -0.489. The summed E-state index contributed by atoms with van der Waals surface area (Å²) < 4.78 is 0. The molecule has 8 heteroatoms. The maximum absolute atomic E-state index is 12.0. The second-order valence-corrected chi connectivity index (χ2v) is 5.50. The van der Waals surface area contributed by atoms with Gasteiger partial charge in [-0.25, -0.2) is 10.4 Å². The lowest BCUT2D eigenvalue weighted by Crippen LogP contribution is -2.22. The van der Waals surface area contributed by atoms with Gasteiger partial charge in [-0.2, -0.15) is 5.10 Å². The van der Waals surface area contributed by atoms with Crippen molar-refractivity contribution in [3.05, 3.63) is 53.1 Å². The highest BCUT2D eigenvalue weighted by Gasteiger charge is 2.09. The number of nitrogens with zero attached hydrogens (tertiary/aromatic N) is 3. The molecule has 24 heavy (non-hydrogen) atoms. The van der Waals surface area contributed by atoms with Crippen LogP contribution in [0.5, 0.6) is 0 Å². The molecule has 2 N–H and O–H groups in total. The topological polar surface area (TPSA) is 96.3 Å². The van der Waals surface area contributed by atoms with E-state index in [9.17, 15) is 9.59 Å². The third-order valence-electron chi connectivity index (χ3n) is 3.02. The van der Waals surface area contributed by atoms with Gasteiger partial charge in [0.1, 0.15) is 5.69 Å². The Morgan fingerprint density at radius 1 is 1.29 bits per heavy atom. The lowest BCUT2D eigenvalue weighted by atomic mass is 10.2. The van der Waals surface area contributed by atoms with Crippen LogP contribution in [-0.2, 0) is 4.79 Å². The number of hydrogen-bond donors (Lipinski definition) is 2. The average Bonchev–Trinajstić information content (AvgIpc) is 2.56. The van der Waals surface area contributed by atoms with Gasteiger partial charge in [0.25, 0.3) is 5.91 Å². The van der Waals surface area contributed by atoms with E-state index in [0.29, 0.717) is 16.4 Å². The first-order valence-electron chi connectivity index (χ1n) is 7.11. The molecule has 1 aromatic carbocycles. The Bertz CT molecular complexity index is 777. The standard InChI is InChI=1S/C16H16ClN5O2/c1-10-7-12(17)3-4-13(10)20-15(23)8-11(2)21-22-16(24)14-9-18-5-6-19-14/h3-7,9H,8H2,1-2H3,(H,20,23)(H,22,24)/b21-11-. The summed E-state index contributed by atoms with van der Waals surface area (Å²) in [5, 5.41) is 7.27. The fourth-order valence-corrected chi connectivity index (χ4v) is 2.08. The van der Waals surface area contributed by atoms with Crippen molar-refractivity contribution in [2.75, 3.05) is 5.32 Å².